The Bertz CT molecular complexity index is 288. The maximum Gasteiger partial charge on any atom is 0.417 e. The molecule has 0 saturated carbocycles. The van der Waals surface area contributed by atoms with Crippen LogP contribution in [0.3, 0.4) is 0 Å². The molecule has 1 rings (SSSR count). The Morgan fingerprint density at radius 1 is 1.67 bits per heavy atom. The Labute approximate surface area is 91.0 Å². The van der Waals surface area contributed by atoms with Crippen LogP contribution in [-0.2, 0) is 9.53 Å². The number of hydrogen-bond donors (Lipinski definition) is 1. The van der Waals surface area contributed by atoms with E-state index in [-0.39, 0.29) is 18.4 Å². The zero-order valence-electron chi connectivity index (χ0n) is 10.4. The van der Waals surface area contributed by atoms with Crippen molar-refractivity contribution in [2.45, 2.75) is 45.3 Å². The number of hydrogen-bond acceptors (Lipinski definition) is 4. The van der Waals surface area contributed by atoms with E-state index in [2.05, 4.69) is 5.73 Å². The number of likely N-dealkylation sites (tertiary alicyclic amines) is 1. The topological polar surface area (TPSA) is 72.6 Å². The van der Waals surface area contributed by atoms with Gasteiger partial charge in [-0.2, -0.15) is 0 Å². The summed E-state index contributed by atoms with van der Waals surface area (Å²) in [5, 5.41) is 0. The fraction of sp³-hybridized carbons (Fsp3) is 0.800. The molecule has 1 fully saturated rings. The average Bonchev–Trinajstić information content (AvgIpc) is 2.14. The fourth-order valence-corrected chi connectivity index (χ4v) is 1.34. The zero-order chi connectivity index (χ0) is 12.3. The van der Waals surface area contributed by atoms with Crippen LogP contribution < -0.4 is 5.73 Å². The smallest absolute Gasteiger partial charge is 0.417 e. The molecule has 86 valence electrons. The van der Waals surface area contributed by atoms with E-state index in [9.17, 15) is 9.59 Å². The first-order valence-electron chi connectivity index (χ1n) is 5.54. The van der Waals surface area contributed by atoms with Crippen LogP contribution in [-0.4, -0.2) is 35.1 Å². The Hall–Kier alpha value is -1.10. The maximum absolute atomic E-state index is 11.6. The van der Waals surface area contributed by atoms with E-state index in [1.54, 1.807) is 20.8 Å². The molecule has 2 amide bonds. The number of nitrogens with zero attached hydrogens (tertiary/aromatic N) is 1. The molecular formula is C10H18N2O3. The van der Waals surface area contributed by atoms with E-state index >= 15 is 0 Å². The van der Waals surface area contributed by atoms with Gasteiger partial charge in [-0.05, 0) is 27.2 Å². The van der Waals surface area contributed by atoms with Crippen molar-refractivity contribution < 1.29 is 15.7 Å². The highest BCUT2D eigenvalue weighted by molar-refractivity contribution is 5.92. The molecular weight excluding hydrogens is 196 g/mol. The van der Waals surface area contributed by atoms with Crippen LogP contribution in [0.1, 0.15) is 33.6 Å². The van der Waals surface area contributed by atoms with E-state index in [4.69, 9.17) is 6.15 Å². The Morgan fingerprint density at radius 3 is 2.80 bits per heavy atom. The Kier molecular flexibility index (Phi) is 2.90. The Balaban J connectivity index is 2.56. The molecule has 1 aliphatic heterocycles. The first-order chi connectivity index (χ1) is 7.33. The molecule has 0 aromatic heterocycles. The van der Waals surface area contributed by atoms with Crippen LogP contribution in [0, 0.1) is 0 Å². The minimum atomic E-state index is -0.596. The average molecular weight is 215 g/mol. The highest BCUT2D eigenvalue weighted by Crippen LogP contribution is 2.15. The van der Waals surface area contributed by atoms with Crippen molar-refractivity contribution in [3.05, 3.63) is 0 Å². The van der Waals surface area contributed by atoms with Crippen LogP contribution in [0.5, 0.6) is 0 Å². The lowest BCUT2D eigenvalue weighted by atomic mass is 10.1. The monoisotopic (exact) mass is 215 g/mol. The normalized spacial score (nSPS) is 23.7. The quantitative estimate of drug-likeness (QED) is 0.704. The highest BCUT2D eigenvalue weighted by atomic mass is 16.6. The summed E-state index contributed by atoms with van der Waals surface area (Å²) >= 11 is 0. The van der Waals surface area contributed by atoms with E-state index in [1.807, 2.05) is 0 Å². The van der Waals surface area contributed by atoms with Gasteiger partial charge in [-0.25, -0.2) is 9.69 Å². The molecule has 5 nitrogen and oxygen atoms in total. The molecule has 0 unspecified atom stereocenters. The molecule has 0 aromatic carbocycles. The summed E-state index contributed by atoms with van der Waals surface area (Å²) in [5.74, 6) is -0.287. The van der Waals surface area contributed by atoms with E-state index < -0.39 is 11.7 Å². The molecule has 2 N–H and O–H groups in total. The third kappa shape index (κ3) is 3.51. The van der Waals surface area contributed by atoms with Crippen molar-refractivity contribution in [3.63, 3.8) is 0 Å². The first kappa shape index (κ1) is 10.4. The fourth-order valence-electron chi connectivity index (χ4n) is 1.34. The van der Waals surface area contributed by atoms with Gasteiger partial charge in [0, 0.05) is 19.0 Å². The molecule has 0 aliphatic carbocycles. The third-order valence-corrected chi connectivity index (χ3v) is 2.04. The maximum atomic E-state index is 11.6. The van der Waals surface area contributed by atoms with Crippen molar-refractivity contribution in [1.29, 1.82) is 0 Å². The lowest BCUT2D eigenvalue weighted by Crippen LogP contribution is -2.48. The summed E-state index contributed by atoms with van der Waals surface area (Å²) in [4.78, 5) is 24.3. The van der Waals surface area contributed by atoms with E-state index in [0.717, 1.165) is 4.90 Å². The summed E-state index contributed by atoms with van der Waals surface area (Å²) in [6.07, 6.45) is 0.165. The van der Waals surface area contributed by atoms with Gasteiger partial charge in [-0.1, -0.05) is 0 Å². The van der Waals surface area contributed by atoms with Crippen LogP contribution >= 0.6 is 0 Å². The third-order valence-electron chi connectivity index (χ3n) is 2.04. The van der Waals surface area contributed by atoms with Crippen molar-refractivity contribution in [2.24, 2.45) is 5.73 Å². The number of amides is 2. The molecule has 0 bridgehead atoms. The lowest BCUT2D eigenvalue weighted by molar-refractivity contribution is -0.132. The molecule has 0 spiro atoms. The van der Waals surface area contributed by atoms with Gasteiger partial charge in [0.2, 0.25) is 5.91 Å². The van der Waals surface area contributed by atoms with Crippen molar-refractivity contribution in [2.75, 3.05) is 6.54 Å². The van der Waals surface area contributed by atoms with Crippen molar-refractivity contribution in [1.82, 2.24) is 4.90 Å². The first-order valence-corrected chi connectivity index (χ1v) is 5.04. The van der Waals surface area contributed by atoms with Crippen LogP contribution in [0.25, 0.3) is 0 Å². The lowest BCUT2D eigenvalue weighted by Gasteiger charge is -2.30. The second-order valence-electron chi connectivity index (χ2n) is 4.72. The van der Waals surface area contributed by atoms with Crippen molar-refractivity contribution in [3.8, 4) is 0 Å². The number of carbonyl (C=O) groups excluding carboxylic acids is 2. The minimum absolute atomic E-state index is 0.161. The van der Waals surface area contributed by atoms with Gasteiger partial charge in [0.1, 0.15) is 7.01 Å². The van der Waals surface area contributed by atoms with E-state index in [0.29, 0.717) is 13.0 Å². The number of nitrogens with two attached hydrogens (primary N) is 1. The van der Waals surface area contributed by atoms with Gasteiger partial charge in [0.25, 0.3) is 0 Å². The molecule has 1 saturated heterocycles. The van der Waals surface area contributed by atoms with Gasteiger partial charge in [-0.15, -0.1) is 0 Å². The van der Waals surface area contributed by atoms with E-state index in [1.165, 1.54) is 0 Å². The number of piperidine rings is 1. The van der Waals surface area contributed by atoms with Crippen LogP contribution in [0.4, 0.5) is 4.79 Å². The predicted molar refractivity (Wildman–Crippen MR) is 55.2 cm³/mol. The minimum Gasteiger partial charge on any atom is -0.443 e. The second kappa shape index (κ2) is 4.18. The summed E-state index contributed by atoms with van der Waals surface area (Å²) in [6, 6.07) is -0.161. The molecule has 15 heavy (non-hydrogen) atoms. The molecule has 1 heterocycles. The molecule has 0 aromatic rings. The number of carbonyl (C=O) groups is 2. The number of rotatable bonds is 1. The van der Waals surface area contributed by atoms with Crippen molar-refractivity contribution >= 4 is 12.0 Å². The van der Waals surface area contributed by atoms with Gasteiger partial charge < -0.3 is 10.5 Å². The second-order valence-corrected chi connectivity index (χ2v) is 4.72. The van der Waals surface area contributed by atoms with Crippen LogP contribution in [0.15, 0.2) is 0 Å². The number of ether oxygens (including phenoxy) is 1. The van der Waals surface area contributed by atoms with Gasteiger partial charge in [0.15, 0.2) is 0 Å². The number of imide groups is 1. The molecule has 0 radical (unpaired) electrons. The largest absolute Gasteiger partial charge is 0.443 e. The summed E-state index contributed by atoms with van der Waals surface area (Å²) in [7, 11) is 0. The molecule has 1 atom stereocenters. The Morgan fingerprint density at radius 2 is 2.33 bits per heavy atom. The van der Waals surface area contributed by atoms with Gasteiger partial charge in [0.05, 0.1) is 0 Å². The molecule has 1 aliphatic rings. The summed E-state index contributed by atoms with van der Waals surface area (Å²) in [5.41, 5.74) is 1.70. The zero-order valence-corrected chi connectivity index (χ0v) is 9.37. The van der Waals surface area contributed by atoms with Gasteiger partial charge >= 0.3 is 6.09 Å². The highest BCUT2D eigenvalue weighted by Gasteiger charge is 2.31. The standard InChI is InChI=1S/C10H18N2O3/c1-10(2,3)15-9(14)12-5-4-7(11)6-8(12)13/h7H,4-6,11H2,1-3H3/t7-/m0/s1/i/hD. The van der Waals surface area contributed by atoms with Gasteiger partial charge in [-0.3, -0.25) is 4.79 Å². The SMILES string of the molecule is [2H]N[C@H]1CCN(C(=O)OC(C)(C)C)C(=O)C1. The predicted octanol–water partition coefficient (Wildman–Crippen LogP) is 0.871. The summed E-state index contributed by atoms with van der Waals surface area (Å²) in [6.45, 7) is 5.58. The summed E-state index contributed by atoms with van der Waals surface area (Å²) < 4.78 is 12.1. The molecule has 5 heteroatoms. The van der Waals surface area contributed by atoms with Crippen LogP contribution in [0.2, 0.25) is 1.41 Å².